The Bertz CT molecular complexity index is 411. The topological polar surface area (TPSA) is 38.7 Å². The van der Waals surface area contributed by atoms with Crippen LogP contribution in [0.15, 0.2) is 12.1 Å². The fraction of sp³-hybridized carbons (Fsp3) is 0.538. The largest absolute Gasteiger partial charge is 0.467 e. The Hall–Kier alpha value is -0.420. The highest BCUT2D eigenvalue weighted by atomic mass is 35.5. The van der Waals surface area contributed by atoms with Gasteiger partial charge < -0.3 is 14.6 Å². The summed E-state index contributed by atoms with van der Waals surface area (Å²) in [5.41, 5.74) is 2.12. The molecule has 0 spiro atoms. The molecule has 1 aliphatic rings. The van der Waals surface area contributed by atoms with Gasteiger partial charge in [-0.3, -0.25) is 0 Å². The molecule has 100 valence electrons. The molecule has 0 saturated carbocycles. The van der Waals surface area contributed by atoms with Gasteiger partial charge in [0.2, 0.25) is 0 Å². The second-order valence-electron chi connectivity index (χ2n) is 4.47. The van der Waals surface area contributed by atoms with Gasteiger partial charge in [0.25, 0.3) is 0 Å². The van der Waals surface area contributed by atoms with Crippen LogP contribution in [-0.2, 0) is 17.1 Å². The van der Waals surface area contributed by atoms with Gasteiger partial charge in [0, 0.05) is 28.5 Å². The van der Waals surface area contributed by atoms with Crippen LogP contribution in [0.3, 0.4) is 0 Å². The highest BCUT2D eigenvalue weighted by molar-refractivity contribution is 7.98. The lowest BCUT2D eigenvalue weighted by molar-refractivity contribution is -0.0168. The van der Waals surface area contributed by atoms with Gasteiger partial charge >= 0.3 is 0 Å². The number of benzene rings is 1. The first-order chi connectivity index (χ1) is 8.70. The van der Waals surface area contributed by atoms with Gasteiger partial charge in [0.05, 0.1) is 6.61 Å². The molecular weight excluding hydrogens is 272 g/mol. The molecule has 0 fully saturated rings. The summed E-state index contributed by atoms with van der Waals surface area (Å²) in [6, 6.07) is 3.84. The van der Waals surface area contributed by atoms with Crippen LogP contribution in [0.2, 0.25) is 5.02 Å². The number of rotatable bonds is 5. The number of hydrogen-bond acceptors (Lipinski definition) is 4. The number of hydrogen-bond donors (Lipinski definition) is 1. The molecule has 1 atom stereocenters. The number of thioether (sulfide) groups is 1. The van der Waals surface area contributed by atoms with Crippen molar-refractivity contribution < 1.29 is 14.6 Å². The van der Waals surface area contributed by atoms with Crippen LogP contribution in [-0.4, -0.2) is 24.3 Å². The summed E-state index contributed by atoms with van der Waals surface area (Å²) in [6.07, 6.45) is 0. The first-order valence-electron chi connectivity index (χ1n) is 5.91. The molecule has 1 N–H and O–H groups in total. The zero-order chi connectivity index (χ0) is 13.0. The highest BCUT2D eigenvalue weighted by Crippen LogP contribution is 2.34. The molecule has 0 aromatic heterocycles. The molecule has 0 aliphatic carbocycles. The summed E-state index contributed by atoms with van der Waals surface area (Å²) in [7, 11) is 0. The third kappa shape index (κ3) is 3.54. The van der Waals surface area contributed by atoms with Gasteiger partial charge in [-0.2, -0.15) is 11.8 Å². The van der Waals surface area contributed by atoms with Crippen molar-refractivity contribution in [2.45, 2.75) is 19.3 Å². The summed E-state index contributed by atoms with van der Waals surface area (Å²) in [6.45, 7) is 3.12. The van der Waals surface area contributed by atoms with Crippen molar-refractivity contribution in [2.75, 3.05) is 19.2 Å². The van der Waals surface area contributed by atoms with Gasteiger partial charge in [-0.1, -0.05) is 18.5 Å². The van der Waals surface area contributed by atoms with E-state index >= 15 is 0 Å². The van der Waals surface area contributed by atoms with E-state index in [-0.39, 0.29) is 6.61 Å². The third-order valence-electron chi connectivity index (χ3n) is 2.72. The Morgan fingerprint density at radius 2 is 2.33 bits per heavy atom. The molecular formula is C13H17ClO3S. The standard InChI is InChI=1S/C13H17ClO3S/c1-9(4-15)6-18-7-11-3-12(14)2-10-5-16-8-17-13(10)11/h2-3,9,15H,4-8H2,1H3. The fourth-order valence-electron chi connectivity index (χ4n) is 1.79. The molecule has 3 nitrogen and oxygen atoms in total. The summed E-state index contributed by atoms with van der Waals surface area (Å²) >= 11 is 7.87. The predicted octanol–water partition coefficient (Wildman–Crippen LogP) is 3.07. The molecule has 18 heavy (non-hydrogen) atoms. The van der Waals surface area contributed by atoms with E-state index in [1.54, 1.807) is 11.8 Å². The number of fused-ring (bicyclic) bond motifs is 1. The fourth-order valence-corrected chi connectivity index (χ4v) is 3.11. The summed E-state index contributed by atoms with van der Waals surface area (Å²) in [4.78, 5) is 0. The predicted molar refractivity (Wildman–Crippen MR) is 74.1 cm³/mol. The Kier molecular flexibility index (Phi) is 5.18. The number of halogens is 1. The maximum Gasteiger partial charge on any atom is 0.189 e. The van der Waals surface area contributed by atoms with Crippen LogP contribution >= 0.6 is 23.4 Å². The third-order valence-corrected chi connectivity index (χ3v) is 4.26. The van der Waals surface area contributed by atoms with Crippen molar-refractivity contribution in [3.8, 4) is 5.75 Å². The van der Waals surface area contributed by atoms with Crippen LogP contribution in [0, 0.1) is 5.92 Å². The minimum atomic E-state index is 0.227. The maximum atomic E-state index is 8.99. The summed E-state index contributed by atoms with van der Waals surface area (Å²) < 4.78 is 10.8. The van der Waals surface area contributed by atoms with Gasteiger partial charge in [0.15, 0.2) is 6.79 Å². The Morgan fingerprint density at radius 3 is 3.11 bits per heavy atom. The monoisotopic (exact) mass is 288 g/mol. The van der Waals surface area contributed by atoms with Crippen molar-refractivity contribution in [3.63, 3.8) is 0 Å². The first-order valence-corrected chi connectivity index (χ1v) is 7.44. The van der Waals surface area contributed by atoms with E-state index in [2.05, 4.69) is 0 Å². The lowest BCUT2D eigenvalue weighted by Crippen LogP contribution is -2.13. The average Bonchev–Trinajstić information content (AvgIpc) is 2.38. The van der Waals surface area contributed by atoms with E-state index < -0.39 is 0 Å². The molecule has 1 heterocycles. The Balaban J connectivity index is 2.05. The molecule has 1 aromatic rings. The van der Waals surface area contributed by atoms with Crippen molar-refractivity contribution in [1.82, 2.24) is 0 Å². The molecule has 0 bridgehead atoms. The van der Waals surface area contributed by atoms with Crippen LogP contribution in [0.1, 0.15) is 18.1 Å². The minimum absolute atomic E-state index is 0.227. The number of aliphatic hydroxyl groups excluding tert-OH is 1. The van der Waals surface area contributed by atoms with Crippen molar-refractivity contribution in [2.24, 2.45) is 5.92 Å². The lowest BCUT2D eigenvalue weighted by atomic mass is 10.1. The molecule has 0 saturated heterocycles. The number of aliphatic hydroxyl groups is 1. The summed E-state index contributed by atoms with van der Waals surface area (Å²) in [5.74, 6) is 2.99. The van der Waals surface area contributed by atoms with E-state index in [0.29, 0.717) is 24.3 Å². The van der Waals surface area contributed by atoms with Gasteiger partial charge in [-0.25, -0.2) is 0 Å². The van der Waals surface area contributed by atoms with Crippen molar-refractivity contribution in [3.05, 3.63) is 28.3 Å². The maximum absolute atomic E-state index is 8.99. The molecule has 0 amide bonds. The normalized spacial score (nSPS) is 15.9. The molecule has 0 radical (unpaired) electrons. The van der Waals surface area contributed by atoms with Gasteiger partial charge in [-0.15, -0.1) is 0 Å². The van der Waals surface area contributed by atoms with Crippen LogP contribution < -0.4 is 4.74 Å². The summed E-state index contributed by atoms with van der Waals surface area (Å²) in [5, 5.41) is 9.71. The molecule has 5 heteroatoms. The van der Waals surface area contributed by atoms with E-state index in [9.17, 15) is 0 Å². The molecule has 2 rings (SSSR count). The highest BCUT2D eigenvalue weighted by Gasteiger charge is 2.16. The SMILES string of the molecule is CC(CO)CSCc1cc(Cl)cc2c1OCOC2. The molecule has 1 aliphatic heterocycles. The minimum Gasteiger partial charge on any atom is -0.467 e. The first kappa shape index (κ1) is 14.0. The van der Waals surface area contributed by atoms with Crippen LogP contribution in [0.5, 0.6) is 5.75 Å². The van der Waals surface area contributed by atoms with Gasteiger partial charge in [-0.05, 0) is 23.8 Å². The molecule has 1 unspecified atom stereocenters. The Morgan fingerprint density at radius 1 is 1.50 bits per heavy atom. The van der Waals surface area contributed by atoms with E-state index in [1.165, 1.54) is 0 Å². The number of ether oxygens (including phenoxy) is 2. The lowest BCUT2D eigenvalue weighted by Gasteiger charge is -2.21. The van der Waals surface area contributed by atoms with E-state index in [0.717, 1.165) is 28.4 Å². The van der Waals surface area contributed by atoms with Gasteiger partial charge in [0.1, 0.15) is 5.75 Å². The van der Waals surface area contributed by atoms with Crippen LogP contribution in [0.4, 0.5) is 0 Å². The smallest absolute Gasteiger partial charge is 0.189 e. The zero-order valence-electron chi connectivity index (χ0n) is 10.3. The van der Waals surface area contributed by atoms with Crippen molar-refractivity contribution >= 4 is 23.4 Å². The second kappa shape index (κ2) is 6.66. The Labute approximate surface area is 116 Å². The second-order valence-corrected chi connectivity index (χ2v) is 5.93. The van der Waals surface area contributed by atoms with Crippen molar-refractivity contribution in [1.29, 1.82) is 0 Å². The van der Waals surface area contributed by atoms with E-state index in [4.69, 9.17) is 26.2 Å². The average molecular weight is 289 g/mol. The quantitative estimate of drug-likeness (QED) is 0.904. The zero-order valence-corrected chi connectivity index (χ0v) is 11.9. The molecule has 1 aromatic carbocycles. The van der Waals surface area contributed by atoms with Crippen LogP contribution in [0.25, 0.3) is 0 Å². The van der Waals surface area contributed by atoms with E-state index in [1.807, 2.05) is 19.1 Å².